The van der Waals surface area contributed by atoms with E-state index in [2.05, 4.69) is 22.1 Å². The van der Waals surface area contributed by atoms with Crippen LogP contribution in [0.2, 0.25) is 0 Å². The van der Waals surface area contributed by atoms with Gasteiger partial charge in [0.2, 0.25) is 6.79 Å². The lowest BCUT2D eigenvalue weighted by Gasteiger charge is -1.82. The topological polar surface area (TPSA) is 38.7 Å². The van der Waals surface area contributed by atoms with Gasteiger partial charge in [-0.2, -0.15) is 9.22 Å². The molecule has 3 nitrogen and oxygen atoms in total. The Hall–Kier alpha value is 0.230. The first-order valence-electron chi connectivity index (χ1n) is 0.843. The summed E-state index contributed by atoms with van der Waals surface area (Å²) in [5, 5.41) is 7.55. The number of hydrogen-bond acceptors (Lipinski definition) is 4. The summed E-state index contributed by atoms with van der Waals surface area (Å²) in [4.78, 5) is 3.63. The lowest BCUT2D eigenvalue weighted by Crippen LogP contribution is -1.74. The van der Waals surface area contributed by atoms with Gasteiger partial charge in [-0.05, 0) is 0 Å². The van der Waals surface area contributed by atoms with Gasteiger partial charge in [-0.15, -0.1) is 0 Å². The standard InChI is InChI=1S/CH3O3S/c2-1-3-4-5/h1-2,5H. The predicted octanol–water partition coefficient (Wildman–Crippen LogP) is 0.271. The fourth-order valence-corrected chi connectivity index (χ4v) is 0.0577. The van der Waals surface area contributed by atoms with Crippen LogP contribution in [0.4, 0.5) is 0 Å². The molecule has 0 saturated heterocycles. The monoisotopic (exact) mass is 95.0 g/mol. The molecule has 1 N–H and O–H groups in total. The van der Waals surface area contributed by atoms with E-state index in [0.717, 1.165) is 0 Å². The summed E-state index contributed by atoms with van der Waals surface area (Å²) in [7, 11) is 0. The fraction of sp³-hybridized carbons (Fsp3) is 0. The molecule has 0 fully saturated rings. The maximum Gasteiger partial charge on any atom is 0.244 e. The Kier molecular flexibility index (Phi) is 4.42. The average Bonchev–Trinajstić information content (AvgIpc) is 1.41. The molecule has 4 heteroatoms. The van der Waals surface area contributed by atoms with Gasteiger partial charge in [-0.3, -0.25) is 0 Å². The van der Waals surface area contributed by atoms with Crippen molar-refractivity contribution in [3.8, 4) is 0 Å². The Labute approximate surface area is 35.1 Å². The number of thiol groups is 1. The first kappa shape index (κ1) is 5.23. The summed E-state index contributed by atoms with van der Waals surface area (Å²) in [5.74, 6) is 0. The van der Waals surface area contributed by atoms with E-state index in [-0.39, 0.29) is 0 Å². The van der Waals surface area contributed by atoms with Crippen LogP contribution in [0.3, 0.4) is 0 Å². The summed E-state index contributed by atoms with van der Waals surface area (Å²) >= 11 is 3.09. The van der Waals surface area contributed by atoms with Crippen molar-refractivity contribution in [2.24, 2.45) is 0 Å². The minimum absolute atomic E-state index is 0.382. The summed E-state index contributed by atoms with van der Waals surface area (Å²) in [5.41, 5.74) is 0. The lowest BCUT2D eigenvalue weighted by molar-refractivity contribution is -0.192. The first-order valence-corrected chi connectivity index (χ1v) is 1.21. The molecule has 0 aliphatic carbocycles. The molecule has 0 heterocycles. The second-order valence-electron chi connectivity index (χ2n) is 0.276. The summed E-state index contributed by atoms with van der Waals surface area (Å²) in [6, 6.07) is 0. The molecule has 0 aliphatic heterocycles. The normalized spacial score (nSPS) is 8.40. The third-order valence-corrected chi connectivity index (χ3v) is 0.172. The summed E-state index contributed by atoms with van der Waals surface area (Å²) < 4.78 is 3.58. The second kappa shape index (κ2) is 4.23. The number of aliphatic hydroxyl groups excluding tert-OH is 1. The molecular formula is CH3O3S. The van der Waals surface area contributed by atoms with Gasteiger partial charge in [0.1, 0.15) is 0 Å². The van der Waals surface area contributed by atoms with Crippen LogP contribution < -0.4 is 0 Å². The van der Waals surface area contributed by atoms with Crippen LogP contribution in [0, 0.1) is 6.79 Å². The Bertz CT molecular complexity index is 14.4. The zero-order chi connectivity index (χ0) is 4.12. The van der Waals surface area contributed by atoms with E-state index in [1.807, 2.05) is 0 Å². The molecule has 0 unspecified atom stereocenters. The molecule has 0 aromatic heterocycles. The van der Waals surface area contributed by atoms with Gasteiger partial charge in [-0.1, -0.05) is 0 Å². The number of aliphatic hydroxyl groups is 1. The average molecular weight is 95.1 g/mol. The molecule has 0 atom stereocenters. The SMILES string of the molecule is O[CH]OOS. The van der Waals surface area contributed by atoms with Gasteiger partial charge in [0.25, 0.3) is 0 Å². The molecule has 0 rings (SSSR count). The smallest absolute Gasteiger partial charge is 0.244 e. The molecule has 1 radical (unpaired) electrons. The van der Waals surface area contributed by atoms with Crippen LogP contribution in [0.25, 0.3) is 0 Å². The highest BCUT2D eigenvalue weighted by Gasteiger charge is 1.68. The Morgan fingerprint density at radius 3 is 2.40 bits per heavy atom. The third kappa shape index (κ3) is 4.23. The minimum atomic E-state index is 0.382. The summed E-state index contributed by atoms with van der Waals surface area (Å²) in [6.45, 7) is 0.382. The molecule has 0 aliphatic rings. The van der Waals surface area contributed by atoms with Crippen molar-refractivity contribution in [2.75, 3.05) is 0 Å². The molecule has 0 aromatic carbocycles. The van der Waals surface area contributed by atoms with Crippen LogP contribution in [-0.4, -0.2) is 5.11 Å². The second-order valence-corrected chi connectivity index (χ2v) is 0.425. The Balaban J connectivity index is 2.19. The van der Waals surface area contributed by atoms with Gasteiger partial charge in [0.05, 0.1) is 0 Å². The maximum absolute atomic E-state index is 7.55. The van der Waals surface area contributed by atoms with Gasteiger partial charge in [0.15, 0.2) is 0 Å². The van der Waals surface area contributed by atoms with Crippen molar-refractivity contribution in [1.82, 2.24) is 0 Å². The van der Waals surface area contributed by atoms with E-state index in [4.69, 9.17) is 5.11 Å². The van der Waals surface area contributed by atoms with Gasteiger partial charge in [-0.25, -0.2) is 0 Å². The van der Waals surface area contributed by atoms with E-state index < -0.39 is 0 Å². The van der Waals surface area contributed by atoms with Crippen LogP contribution in [0.5, 0.6) is 0 Å². The van der Waals surface area contributed by atoms with E-state index in [0.29, 0.717) is 6.79 Å². The molecule has 0 spiro atoms. The van der Waals surface area contributed by atoms with Crippen molar-refractivity contribution in [3.63, 3.8) is 0 Å². The molecule has 0 amide bonds. The molecule has 5 heavy (non-hydrogen) atoms. The number of rotatable bonds is 2. The Morgan fingerprint density at radius 2 is 2.40 bits per heavy atom. The van der Waals surface area contributed by atoms with Crippen LogP contribution in [-0.2, 0) is 9.22 Å². The zero-order valence-corrected chi connectivity index (χ0v) is 3.18. The van der Waals surface area contributed by atoms with Crippen molar-refractivity contribution in [3.05, 3.63) is 6.79 Å². The van der Waals surface area contributed by atoms with Gasteiger partial charge < -0.3 is 5.11 Å². The van der Waals surface area contributed by atoms with Crippen LogP contribution in [0.15, 0.2) is 0 Å². The zero-order valence-electron chi connectivity index (χ0n) is 2.29. The maximum atomic E-state index is 7.55. The van der Waals surface area contributed by atoms with Gasteiger partial charge in [0, 0.05) is 12.9 Å². The molecule has 0 saturated carbocycles. The largest absolute Gasteiger partial charge is 0.362 e. The van der Waals surface area contributed by atoms with E-state index in [1.54, 1.807) is 0 Å². The highest BCUT2D eigenvalue weighted by atomic mass is 32.1. The molecule has 31 valence electrons. The molecular weight excluding hydrogens is 92.1 g/mol. The first-order chi connectivity index (χ1) is 2.41. The third-order valence-electron chi connectivity index (χ3n) is 0.0861. The summed E-state index contributed by atoms with van der Waals surface area (Å²) in [6.07, 6.45) is 0. The predicted molar refractivity (Wildman–Crippen MR) is 17.4 cm³/mol. The minimum Gasteiger partial charge on any atom is -0.362 e. The van der Waals surface area contributed by atoms with Gasteiger partial charge >= 0.3 is 0 Å². The number of hydrogen-bond donors (Lipinski definition) is 2. The van der Waals surface area contributed by atoms with Crippen molar-refractivity contribution in [1.29, 1.82) is 0 Å². The van der Waals surface area contributed by atoms with E-state index in [9.17, 15) is 0 Å². The lowest BCUT2D eigenvalue weighted by atomic mass is 11.5. The van der Waals surface area contributed by atoms with Crippen molar-refractivity contribution in [2.45, 2.75) is 0 Å². The van der Waals surface area contributed by atoms with Crippen molar-refractivity contribution >= 4 is 12.9 Å². The van der Waals surface area contributed by atoms with E-state index in [1.165, 1.54) is 0 Å². The fourth-order valence-electron chi connectivity index (χ4n) is 0.0192. The van der Waals surface area contributed by atoms with E-state index >= 15 is 0 Å². The van der Waals surface area contributed by atoms with Crippen LogP contribution in [0.1, 0.15) is 0 Å². The molecule has 0 aromatic rings. The molecule has 0 bridgehead atoms. The van der Waals surface area contributed by atoms with Crippen molar-refractivity contribution < 1.29 is 14.3 Å². The quantitative estimate of drug-likeness (QED) is 0.224. The highest BCUT2D eigenvalue weighted by Crippen LogP contribution is 1.78. The highest BCUT2D eigenvalue weighted by molar-refractivity contribution is 7.74. The Morgan fingerprint density at radius 1 is 1.80 bits per heavy atom. The van der Waals surface area contributed by atoms with Crippen LogP contribution >= 0.6 is 12.9 Å².